The van der Waals surface area contributed by atoms with E-state index in [2.05, 4.69) is 4.99 Å². The molecule has 0 amide bonds. The van der Waals surface area contributed by atoms with E-state index >= 15 is 0 Å². The van der Waals surface area contributed by atoms with Crippen molar-refractivity contribution in [1.82, 2.24) is 0 Å². The van der Waals surface area contributed by atoms with E-state index in [1.165, 1.54) is 0 Å². The van der Waals surface area contributed by atoms with E-state index < -0.39 is 8.32 Å². The molecule has 0 atom stereocenters. The van der Waals surface area contributed by atoms with E-state index in [-0.39, 0.29) is 12.8 Å². The van der Waals surface area contributed by atoms with Gasteiger partial charge in [-0.25, -0.2) is 4.79 Å². The van der Waals surface area contributed by atoms with Gasteiger partial charge in [0.2, 0.25) is 15.1 Å². The Morgan fingerprint density at radius 3 is 2.50 bits per heavy atom. The number of fused-ring (bicyclic) bond motifs is 1. The van der Waals surface area contributed by atoms with E-state index in [0.717, 1.165) is 22.7 Å². The van der Waals surface area contributed by atoms with Crippen LogP contribution in [0.2, 0.25) is 19.6 Å². The van der Waals surface area contributed by atoms with Crippen LogP contribution in [-0.2, 0) is 4.43 Å². The van der Waals surface area contributed by atoms with Gasteiger partial charge in [-0.3, -0.25) is 4.99 Å². The Morgan fingerprint density at radius 1 is 1.08 bits per heavy atom. The van der Waals surface area contributed by atoms with Crippen LogP contribution >= 0.6 is 0 Å². The van der Waals surface area contributed by atoms with Crippen molar-refractivity contribution >= 4 is 26.2 Å². The second-order valence-corrected chi connectivity index (χ2v) is 10.8. The number of benzene rings is 2. The molecule has 0 radical (unpaired) electrons. The number of carbonyl (C=O) groups is 1. The average Bonchev–Trinajstić information content (AvgIpc) is 2.99. The minimum Gasteiger partial charge on any atom is -0.516 e. The topological polar surface area (TPSA) is 57.1 Å². The SMILES string of the molecule is C[Si](C)(C)OC(=O)c1ccc(N=Cc2ccc3c(c2)OCO3)cc1. The summed E-state index contributed by atoms with van der Waals surface area (Å²) in [5.41, 5.74) is 2.22. The van der Waals surface area contributed by atoms with Crippen LogP contribution in [-0.4, -0.2) is 27.3 Å². The molecule has 0 bridgehead atoms. The normalized spacial score (nSPS) is 13.3. The van der Waals surface area contributed by atoms with Gasteiger partial charge in [0.25, 0.3) is 0 Å². The molecular formula is C18H19NO4Si. The summed E-state index contributed by atoms with van der Waals surface area (Å²) < 4.78 is 16.1. The van der Waals surface area contributed by atoms with E-state index in [0.29, 0.717) is 5.56 Å². The van der Waals surface area contributed by atoms with Gasteiger partial charge in [-0.05, 0) is 67.7 Å². The minimum absolute atomic E-state index is 0.255. The molecule has 1 aliphatic rings. The molecular weight excluding hydrogens is 322 g/mol. The molecule has 24 heavy (non-hydrogen) atoms. The summed E-state index contributed by atoms with van der Waals surface area (Å²) in [6.45, 7) is 6.20. The lowest BCUT2D eigenvalue weighted by molar-refractivity contribution is 0.0724. The Hall–Kier alpha value is -2.60. The van der Waals surface area contributed by atoms with Crippen LogP contribution in [0.25, 0.3) is 0 Å². The van der Waals surface area contributed by atoms with Gasteiger partial charge in [0.05, 0.1) is 11.3 Å². The molecule has 0 spiro atoms. The summed E-state index contributed by atoms with van der Waals surface area (Å²) in [6, 6.07) is 12.7. The van der Waals surface area contributed by atoms with E-state index in [4.69, 9.17) is 13.9 Å². The highest BCUT2D eigenvalue weighted by molar-refractivity contribution is 6.71. The summed E-state index contributed by atoms with van der Waals surface area (Å²) in [5.74, 6) is 1.20. The maximum absolute atomic E-state index is 12.0. The van der Waals surface area contributed by atoms with Crippen LogP contribution in [0.4, 0.5) is 5.69 Å². The third kappa shape index (κ3) is 4.02. The summed E-state index contributed by atoms with van der Waals surface area (Å²) >= 11 is 0. The molecule has 124 valence electrons. The van der Waals surface area contributed by atoms with Gasteiger partial charge in [0, 0.05) is 6.21 Å². The van der Waals surface area contributed by atoms with Gasteiger partial charge in [0.15, 0.2) is 11.5 Å². The first-order valence-electron chi connectivity index (χ1n) is 7.68. The number of aliphatic imine (C=N–C) groups is 1. The van der Waals surface area contributed by atoms with Crippen molar-refractivity contribution in [3.8, 4) is 11.5 Å². The van der Waals surface area contributed by atoms with Crippen molar-refractivity contribution in [3.63, 3.8) is 0 Å². The highest BCUT2D eigenvalue weighted by Crippen LogP contribution is 2.32. The lowest BCUT2D eigenvalue weighted by Crippen LogP contribution is -2.29. The largest absolute Gasteiger partial charge is 0.516 e. The number of hydrogen-bond acceptors (Lipinski definition) is 5. The first-order chi connectivity index (χ1) is 11.4. The lowest BCUT2D eigenvalue weighted by Gasteiger charge is -2.17. The van der Waals surface area contributed by atoms with Crippen LogP contribution in [0.1, 0.15) is 15.9 Å². The molecule has 0 unspecified atom stereocenters. The molecule has 2 aromatic rings. The highest BCUT2D eigenvalue weighted by Gasteiger charge is 2.20. The Morgan fingerprint density at radius 2 is 1.79 bits per heavy atom. The van der Waals surface area contributed by atoms with Gasteiger partial charge in [-0.2, -0.15) is 0 Å². The van der Waals surface area contributed by atoms with Gasteiger partial charge < -0.3 is 13.9 Å². The van der Waals surface area contributed by atoms with Crippen molar-refractivity contribution in [2.24, 2.45) is 4.99 Å². The fraction of sp³-hybridized carbons (Fsp3) is 0.222. The zero-order valence-corrected chi connectivity index (χ0v) is 14.9. The van der Waals surface area contributed by atoms with Crippen molar-refractivity contribution in [1.29, 1.82) is 0 Å². The van der Waals surface area contributed by atoms with Gasteiger partial charge in [-0.15, -0.1) is 0 Å². The third-order valence-electron chi connectivity index (χ3n) is 3.26. The molecule has 0 saturated carbocycles. The van der Waals surface area contributed by atoms with Crippen molar-refractivity contribution in [2.75, 3.05) is 6.79 Å². The van der Waals surface area contributed by atoms with Crippen LogP contribution in [0.15, 0.2) is 47.5 Å². The fourth-order valence-corrected chi connectivity index (χ4v) is 2.84. The highest BCUT2D eigenvalue weighted by atomic mass is 28.4. The Balaban J connectivity index is 1.69. The predicted octanol–water partition coefficient (Wildman–Crippen LogP) is 4.16. The summed E-state index contributed by atoms with van der Waals surface area (Å²) in [4.78, 5) is 16.4. The van der Waals surface area contributed by atoms with E-state index in [1.807, 2.05) is 37.8 Å². The Labute approximate surface area is 142 Å². The van der Waals surface area contributed by atoms with Crippen LogP contribution in [0.5, 0.6) is 11.5 Å². The molecule has 1 heterocycles. The molecule has 2 aromatic carbocycles. The smallest absolute Gasteiger partial charge is 0.324 e. The monoisotopic (exact) mass is 341 g/mol. The van der Waals surface area contributed by atoms with Crippen LogP contribution in [0, 0.1) is 0 Å². The molecule has 0 N–H and O–H groups in total. The third-order valence-corrected chi connectivity index (χ3v) is 4.06. The maximum Gasteiger partial charge on any atom is 0.324 e. The maximum atomic E-state index is 12.0. The minimum atomic E-state index is -1.89. The molecule has 0 saturated heterocycles. The second-order valence-electron chi connectivity index (χ2n) is 6.42. The van der Waals surface area contributed by atoms with E-state index in [9.17, 15) is 4.79 Å². The van der Waals surface area contributed by atoms with Crippen molar-refractivity contribution < 1.29 is 18.7 Å². The quantitative estimate of drug-likeness (QED) is 0.619. The Kier molecular flexibility index (Phi) is 4.39. The standard InChI is InChI=1S/C18H19NO4Si/c1-24(2,3)23-18(20)14-5-7-15(8-6-14)19-11-13-4-9-16-17(10-13)22-12-21-16/h4-11H,12H2,1-3H3. The lowest BCUT2D eigenvalue weighted by atomic mass is 10.2. The average molecular weight is 341 g/mol. The number of nitrogens with zero attached hydrogens (tertiary/aromatic N) is 1. The molecule has 1 aliphatic heterocycles. The predicted molar refractivity (Wildman–Crippen MR) is 95.0 cm³/mol. The fourth-order valence-electron chi connectivity index (χ4n) is 2.16. The molecule has 3 rings (SSSR count). The first kappa shape index (κ1) is 16.3. The van der Waals surface area contributed by atoms with Crippen LogP contribution < -0.4 is 9.47 Å². The van der Waals surface area contributed by atoms with Crippen molar-refractivity contribution in [2.45, 2.75) is 19.6 Å². The number of rotatable bonds is 4. The zero-order valence-electron chi connectivity index (χ0n) is 13.9. The summed E-state index contributed by atoms with van der Waals surface area (Å²) in [5, 5.41) is 0. The van der Waals surface area contributed by atoms with E-state index in [1.54, 1.807) is 30.5 Å². The number of hydrogen-bond donors (Lipinski definition) is 0. The molecule has 0 aliphatic carbocycles. The Bertz CT molecular complexity index is 779. The molecule has 0 aromatic heterocycles. The van der Waals surface area contributed by atoms with Gasteiger partial charge in [0.1, 0.15) is 0 Å². The number of carbonyl (C=O) groups excluding carboxylic acids is 1. The molecule has 6 heteroatoms. The van der Waals surface area contributed by atoms with Gasteiger partial charge in [-0.1, -0.05) is 0 Å². The van der Waals surface area contributed by atoms with Crippen LogP contribution in [0.3, 0.4) is 0 Å². The summed E-state index contributed by atoms with van der Waals surface area (Å²) in [6.07, 6.45) is 1.75. The first-order valence-corrected chi connectivity index (χ1v) is 11.1. The van der Waals surface area contributed by atoms with Crippen molar-refractivity contribution in [3.05, 3.63) is 53.6 Å². The second kappa shape index (κ2) is 6.49. The molecule has 0 fully saturated rings. The zero-order chi connectivity index (χ0) is 17.2. The summed E-state index contributed by atoms with van der Waals surface area (Å²) in [7, 11) is -1.89. The number of ether oxygens (including phenoxy) is 2. The van der Waals surface area contributed by atoms with Gasteiger partial charge >= 0.3 is 5.97 Å². The molecule has 5 nitrogen and oxygen atoms in total.